The third-order valence-electron chi connectivity index (χ3n) is 7.28. The molecule has 4 rings (SSSR count). The fourth-order valence-corrected chi connectivity index (χ4v) is 5.01. The highest BCUT2D eigenvalue weighted by Crippen LogP contribution is 2.34. The molecule has 0 atom stereocenters. The first-order chi connectivity index (χ1) is 17.0. The van der Waals surface area contributed by atoms with E-state index >= 15 is 0 Å². The van der Waals surface area contributed by atoms with E-state index in [9.17, 15) is 10.1 Å². The van der Waals surface area contributed by atoms with Gasteiger partial charge in [0.25, 0.3) is 0 Å². The fourth-order valence-electron chi connectivity index (χ4n) is 5.01. The zero-order chi connectivity index (χ0) is 24.7. The second-order valence-electron chi connectivity index (χ2n) is 9.80. The van der Waals surface area contributed by atoms with Crippen molar-refractivity contribution in [3.63, 3.8) is 0 Å². The molecule has 0 unspecified atom stereocenters. The number of likely N-dealkylation sites (tertiary alicyclic amines) is 1. The van der Waals surface area contributed by atoms with E-state index in [0.717, 1.165) is 55.6 Å². The van der Waals surface area contributed by atoms with E-state index in [4.69, 9.17) is 0 Å². The van der Waals surface area contributed by atoms with Crippen LogP contribution in [0, 0.1) is 25.2 Å². The maximum absolute atomic E-state index is 13.3. The number of hydrogen-bond acceptors (Lipinski definition) is 3. The van der Waals surface area contributed by atoms with Gasteiger partial charge in [0.2, 0.25) is 5.91 Å². The quantitative estimate of drug-likeness (QED) is 0.447. The molecule has 1 N–H and O–H groups in total. The van der Waals surface area contributed by atoms with Crippen molar-refractivity contribution in [2.45, 2.75) is 44.4 Å². The van der Waals surface area contributed by atoms with Gasteiger partial charge in [-0.05, 0) is 69.4 Å². The molecule has 4 nitrogen and oxygen atoms in total. The van der Waals surface area contributed by atoms with Crippen molar-refractivity contribution in [1.82, 2.24) is 10.2 Å². The minimum atomic E-state index is -0.374. The van der Waals surface area contributed by atoms with Crippen molar-refractivity contribution in [2.24, 2.45) is 0 Å². The number of aryl methyl sites for hydroxylation is 2. The summed E-state index contributed by atoms with van der Waals surface area (Å²) in [5.74, 6) is -0.266. The van der Waals surface area contributed by atoms with Crippen molar-refractivity contribution >= 4 is 5.91 Å². The normalized spacial score (nSPS) is 15.5. The predicted octanol–water partition coefficient (Wildman–Crippen LogP) is 5.50. The zero-order valence-corrected chi connectivity index (χ0v) is 20.8. The molecule has 0 aliphatic carbocycles. The minimum Gasteiger partial charge on any atom is -0.355 e. The molecule has 0 aromatic heterocycles. The van der Waals surface area contributed by atoms with Crippen LogP contribution >= 0.6 is 0 Å². The molecular formula is C31H35N3O. The lowest BCUT2D eigenvalue weighted by Crippen LogP contribution is -2.43. The van der Waals surface area contributed by atoms with Crippen molar-refractivity contribution in [3.8, 4) is 6.07 Å². The third-order valence-corrected chi connectivity index (χ3v) is 7.28. The first-order valence-electron chi connectivity index (χ1n) is 12.6. The van der Waals surface area contributed by atoms with Crippen LogP contribution in [0.5, 0.6) is 0 Å². The Balaban J connectivity index is 1.31. The Bertz CT molecular complexity index is 1090. The van der Waals surface area contributed by atoms with Gasteiger partial charge in [0.05, 0.1) is 17.4 Å². The molecule has 0 spiro atoms. The molecule has 0 radical (unpaired) electrons. The van der Waals surface area contributed by atoms with Crippen LogP contribution in [0.3, 0.4) is 0 Å². The molecule has 0 saturated carbocycles. The number of amides is 1. The van der Waals surface area contributed by atoms with Crippen LogP contribution in [-0.4, -0.2) is 37.0 Å². The summed E-state index contributed by atoms with van der Waals surface area (Å²) >= 11 is 0. The van der Waals surface area contributed by atoms with E-state index in [0.29, 0.717) is 6.54 Å². The Labute approximate surface area is 209 Å². The Morgan fingerprint density at radius 3 is 1.97 bits per heavy atom. The van der Waals surface area contributed by atoms with E-state index in [2.05, 4.69) is 90.8 Å². The lowest BCUT2D eigenvalue weighted by molar-refractivity contribution is -0.121. The fraction of sp³-hybridized carbons (Fsp3) is 0.355. The number of nitrogens with one attached hydrogen (secondary N) is 1. The van der Waals surface area contributed by atoms with E-state index in [1.54, 1.807) is 0 Å². The summed E-state index contributed by atoms with van der Waals surface area (Å²) in [6, 6.07) is 29.3. The number of nitriles is 1. The predicted molar refractivity (Wildman–Crippen MR) is 141 cm³/mol. The minimum absolute atomic E-state index is 0.0453. The number of rotatable bonds is 8. The molecule has 1 saturated heterocycles. The third kappa shape index (κ3) is 5.99. The van der Waals surface area contributed by atoms with Gasteiger partial charge in [0.15, 0.2) is 0 Å². The van der Waals surface area contributed by atoms with Crippen LogP contribution in [0.2, 0.25) is 0 Å². The highest BCUT2D eigenvalue weighted by Gasteiger charge is 2.36. The Kier molecular flexibility index (Phi) is 8.00. The summed E-state index contributed by atoms with van der Waals surface area (Å²) in [5, 5.41) is 13.1. The number of nitrogens with zero attached hydrogens (tertiary/aromatic N) is 2. The molecule has 0 bridgehead atoms. The van der Waals surface area contributed by atoms with Crippen LogP contribution in [0.1, 0.15) is 53.0 Å². The van der Waals surface area contributed by atoms with Gasteiger partial charge in [-0.2, -0.15) is 5.26 Å². The molecule has 1 heterocycles. The van der Waals surface area contributed by atoms with Gasteiger partial charge in [-0.25, -0.2) is 0 Å². The maximum atomic E-state index is 13.3. The van der Waals surface area contributed by atoms with Gasteiger partial charge in [-0.1, -0.05) is 90.0 Å². The van der Waals surface area contributed by atoms with Gasteiger partial charge in [-0.3, -0.25) is 4.79 Å². The summed E-state index contributed by atoms with van der Waals surface area (Å²) in [7, 11) is 0. The lowest BCUT2D eigenvalue weighted by atomic mass is 9.74. The largest absolute Gasteiger partial charge is 0.355 e. The van der Waals surface area contributed by atoms with Gasteiger partial charge >= 0.3 is 0 Å². The molecule has 4 heteroatoms. The Morgan fingerprint density at radius 1 is 0.914 bits per heavy atom. The first kappa shape index (κ1) is 24.7. The van der Waals surface area contributed by atoms with Crippen LogP contribution < -0.4 is 5.32 Å². The molecule has 35 heavy (non-hydrogen) atoms. The monoisotopic (exact) mass is 465 g/mol. The van der Waals surface area contributed by atoms with E-state index in [1.807, 2.05) is 18.2 Å². The van der Waals surface area contributed by atoms with Crippen molar-refractivity contribution in [1.29, 1.82) is 5.26 Å². The van der Waals surface area contributed by atoms with E-state index in [1.165, 1.54) is 11.1 Å². The number of hydrogen-bond donors (Lipinski definition) is 1. The van der Waals surface area contributed by atoms with Gasteiger partial charge in [0.1, 0.15) is 0 Å². The Morgan fingerprint density at radius 2 is 1.46 bits per heavy atom. The highest BCUT2D eigenvalue weighted by molar-refractivity contribution is 5.87. The summed E-state index contributed by atoms with van der Waals surface area (Å²) < 4.78 is 0. The Hall–Kier alpha value is -3.42. The standard InChI is InChI=1S/C31H35N3O/c1-24-9-13-26(14-10-24)29(27-15-11-25(2)12-16-27)30(35)33-19-6-20-34-21-17-31(23-32,18-22-34)28-7-4-3-5-8-28/h3-5,7-16,29H,6,17-22H2,1-2H3,(H,33,35). The zero-order valence-electron chi connectivity index (χ0n) is 20.8. The molecule has 1 aliphatic rings. The van der Waals surface area contributed by atoms with Crippen LogP contribution in [0.15, 0.2) is 78.9 Å². The number of benzene rings is 3. The average molecular weight is 466 g/mol. The molecular weight excluding hydrogens is 430 g/mol. The number of carbonyl (C=O) groups is 1. The van der Waals surface area contributed by atoms with E-state index < -0.39 is 0 Å². The lowest BCUT2D eigenvalue weighted by Gasteiger charge is -2.37. The molecule has 3 aromatic rings. The topological polar surface area (TPSA) is 56.1 Å². The highest BCUT2D eigenvalue weighted by atomic mass is 16.1. The number of carbonyl (C=O) groups excluding carboxylic acids is 1. The molecule has 1 aliphatic heterocycles. The second kappa shape index (κ2) is 11.3. The molecule has 180 valence electrons. The van der Waals surface area contributed by atoms with Gasteiger partial charge < -0.3 is 10.2 Å². The van der Waals surface area contributed by atoms with Gasteiger partial charge in [0, 0.05) is 6.54 Å². The summed E-state index contributed by atoms with van der Waals surface area (Å²) in [6.45, 7) is 7.51. The van der Waals surface area contributed by atoms with Crippen LogP contribution in [-0.2, 0) is 10.2 Å². The van der Waals surface area contributed by atoms with Crippen molar-refractivity contribution in [3.05, 3.63) is 107 Å². The van der Waals surface area contributed by atoms with Crippen molar-refractivity contribution in [2.75, 3.05) is 26.2 Å². The second-order valence-corrected chi connectivity index (χ2v) is 9.80. The van der Waals surface area contributed by atoms with Gasteiger partial charge in [-0.15, -0.1) is 0 Å². The maximum Gasteiger partial charge on any atom is 0.232 e. The van der Waals surface area contributed by atoms with Crippen LogP contribution in [0.4, 0.5) is 0 Å². The van der Waals surface area contributed by atoms with Crippen molar-refractivity contribution < 1.29 is 4.79 Å². The van der Waals surface area contributed by atoms with Crippen LogP contribution in [0.25, 0.3) is 0 Å². The average Bonchev–Trinajstić information content (AvgIpc) is 2.90. The summed E-state index contributed by atoms with van der Waals surface area (Å²) in [5.41, 5.74) is 5.16. The summed E-state index contributed by atoms with van der Waals surface area (Å²) in [6.07, 6.45) is 2.59. The molecule has 1 fully saturated rings. The molecule has 1 amide bonds. The van der Waals surface area contributed by atoms with E-state index in [-0.39, 0.29) is 17.2 Å². The number of piperidine rings is 1. The summed E-state index contributed by atoms with van der Waals surface area (Å²) in [4.78, 5) is 15.7. The SMILES string of the molecule is Cc1ccc(C(C(=O)NCCCN2CCC(C#N)(c3ccccc3)CC2)c2ccc(C)cc2)cc1. The smallest absolute Gasteiger partial charge is 0.232 e. The molecule has 3 aromatic carbocycles. The first-order valence-corrected chi connectivity index (χ1v) is 12.6.